The fourth-order valence-corrected chi connectivity index (χ4v) is 4.56. The third-order valence-corrected chi connectivity index (χ3v) is 6.19. The second-order valence-electron chi connectivity index (χ2n) is 7.06. The fourth-order valence-electron chi connectivity index (χ4n) is 3.57. The van der Waals surface area contributed by atoms with E-state index in [1.165, 1.54) is 52.0 Å². The summed E-state index contributed by atoms with van der Waals surface area (Å²) in [6.07, 6.45) is 5.74. The number of aromatic amines is 1. The smallest absolute Gasteiger partial charge is 0.0457 e. The van der Waals surface area contributed by atoms with Crippen LogP contribution in [0.4, 0.5) is 0 Å². The van der Waals surface area contributed by atoms with Crippen LogP contribution in [0, 0.1) is 6.92 Å². The van der Waals surface area contributed by atoms with Gasteiger partial charge in [-0.2, -0.15) is 11.8 Å². The Labute approximate surface area is 160 Å². The summed E-state index contributed by atoms with van der Waals surface area (Å²) in [5, 5.41) is 1.36. The molecule has 0 amide bonds. The van der Waals surface area contributed by atoms with Crippen LogP contribution in [0.1, 0.15) is 23.1 Å². The van der Waals surface area contributed by atoms with Crippen molar-refractivity contribution in [2.45, 2.75) is 19.1 Å². The van der Waals surface area contributed by atoms with E-state index in [2.05, 4.69) is 77.6 Å². The molecular weight excluding hydrogens is 336 g/mol. The van der Waals surface area contributed by atoms with Crippen molar-refractivity contribution in [3.8, 4) is 0 Å². The van der Waals surface area contributed by atoms with Gasteiger partial charge in [-0.15, -0.1) is 0 Å². The Morgan fingerprint density at radius 3 is 2.73 bits per heavy atom. The summed E-state index contributed by atoms with van der Waals surface area (Å²) in [7, 11) is 0. The first kappa shape index (κ1) is 17.4. The molecule has 2 heterocycles. The van der Waals surface area contributed by atoms with E-state index in [-0.39, 0.29) is 0 Å². The minimum Gasteiger partial charge on any atom is -0.361 e. The highest BCUT2D eigenvalue weighted by Gasteiger charge is 2.12. The van der Waals surface area contributed by atoms with Gasteiger partial charge in [-0.3, -0.25) is 4.90 Å². The van der Waals surface area contributed by atoms with Gasteiger partial charge in [-0.1, -0.05) is 54.1 Å². The molecule has 2 nitrogen and oxygen atoms in total. The number of rotatable bonds is 6. The first-order valence-electron chi connectivity index (χ1n) is 9.41. The zero-order chi connectivity index (χ0) is 17.8. The van der Waals surface area contributed by atoms with Crippen LogP contribution in [-0.4, -0.2) is 35.3 Å². The highest BCUT2D eigenvalue weighted by molar-refractivity contribution is 7.98. The molecule has 0 aliphatic carbocycles. The average Bonchev–Trinajstić information content (AvgIpc) is 3.10. The second kappa shape index (κ2) is 8.15. The quantitative estimate of drug-likeness (QED) is 0.584. The molecule has 134 valence electrons. The van der Waals surface area contributed by atoms with Gasteiger partial charge in [-0.25, -0.2) is 0 Å². The third-order valence-electron chi connectivity index (χ3n) is 5.20. The lowest BCUT2D eigenvalue weighted by Crippen LogP contribution is -2.30. The molecule has 2 aromatic carbocycles. The number of H-pyrrole nitrogens is 1. The molecule has 0 bridgehead atoms. The molecule has 1 aliphatic rings. The van der Waals surface area contributed by atoms with Crippen LogP contribution in [-0.2, 0) is 5.75 Å². The molecule has 1 N–H and O–H groups in total. The van der Waals surface area contributed by atoms with Crippen LogP contribution in [0.25, 0.3) is 16.5 Å². The molecule has 0 atom stereocenters. The number of para-hydroxylation sites is 1. The fraction of sp³-hybridized carbons (Fsp3) is 0.304. The Morgan fingerprint density at radius 1 is 1.08 bits per heavy atom. The van der Waals surface area contributed by atoms with Gasteiger partial charge < -0.3 is 4.98 Å². The largest absolute Gasteiger partial charge is 0.361 e. The molecule has 0 saturated carbocycles. The van der Waals surface area contributed by atoms with E-state index in [0.29, 0.717) is 0 Å². The van der Waals surface area contributed by atoms with E-state index in [4.69, 9.17) is 0 Å². The van der Waals surface area contributed by atoms with Crippen molar-refractivity contribution in [2.75, 3.05) is 25.4 Å². The first-order valence-corrected chi connectivity index (χ1v) is 10.6. The molecule has 1 aliphatic heterocycles. The van der Waals surface area contributed by atoms with E-state index < -0.39 is 0 Å². The summed E-state index contributed by atoms with van der Waals surface area (Å²) >= 11 is 2.04. The number of nitrogens with zero attached hydrogens (tertiary/aromatic N) is 1. The zero-order valence-corrected chi connectivity index (χ0v) is 16.2. The number of aryl methyl sites for hydroxylation is 1. The number of hydrogen-bond acceptors (Lipinski definition) is 2. The van der Waals surface area contributed by atoms with Gasteiger partial charge in [0.15, 0.2) is 0 Å². The number of fused-ring (bicyclic) bond motifs is 1. The number of thioether (sulfide) groups is 1. The van der Waals surface area contributed by atoms with Crippen LogP contribution in [0.3, 0.4) is 0 Å². The predicted molar refractivity (Wildman–Crippen MR) is 115 cm³/mol. The van der Waals surface area contributed by atoms with Crippen LogP contribution >= 0.6 is 11.8 Å². The van der Waals surface area contributed by atoms with Crippen molar-refractivity contribution in [3.63, 3.8) is 0 Å². The van der Waals surface area contributed by atoms with Crippen LogP contribution in [0.5, 0.6) is 0 Å². The lowest BCUT2D eigenvalue weighted by molar-refractivity contribution is 0.321. The molecule has 3 aromatic rings. The molecule has 0 saturated heterocycles. The van der Waals surface area contributed by atoms with Gasteiger partial charge in [0.2, 0.25) is 0 Å². The number of benzene rings is 2. The van der Waals surface area contributed by atoms with E-state index >= 15 is 0 Å². The van der Waals surface area contributed by atoms with Crippen molar-refractivity contribution in [1.82, 2.24) is 9.88 Å². The minimum atomic E-state index is 1.08. The van der Waals surface area contributed by atoms with Crippen LogP contribution in [0.15, 0.2) is 60.8 Å². The molecule has 0 fully saturated rings. The van der Waals surface area contributed by atoms with E-state index in [1.807, 2.05) is 11.8 Å². The van der Waals surface area contributed by atoms with Gasteiger partial charge in [0.25, 0.3) is 0 Å². The minimum absolute atomic E-state index is 1.08. The number of hydrogen-bond donors (Lipinski definition) is 1. The Morgan fingerprint density at radius 2 is 1.92 bits per heavy atom. The third kappa shape index (κ3) is 4.05. The van der Waals surface area contributed by atoms with Gasteiger partial charge in [0, 0.05) is 48.2 Å². The molecule has 0 spiro atoms. The van der Waals surface area contributed by atoms with Crippen LogP contribution in [0.2, 0.25) is 0 Å². The Hall–Kier alpha value is -1.97. The van der Waals surface area contributed by atoms with Crippen LogP contribution < -0.4 is 0 Å². The topological polar surface area (TPSA) is 19.0 Å². The summed E-state index contributed by atoms with van der Waals surface area (Å²) in [6, 6.07) is 17.5. The average molecular weight is 363 g/mol. The molecule has 0 radical (unpaired) electrons. The summed E-state index contributed by atoms with van der Waals surface area (Å²) in [5.41, 5.74) is 6.90. The number of aromatic nitrogens is 1. The van der Waals surface area contributed by atoms with Crippen molar-refractivity contribution in [3.05, 3.63) is 77.5 Å². The van der Waals surface area contributed by atoms with Crippen molar-refractivity contribution in [1.29, 1.82) is 0 Å². The highest BCUT2D eigenvalue weighted by atomic mass is 32.2. The molecule has 4 rings (SSSR count). The second-order valence-corrected chi connectivity index (χ2v) is 8.16. The van der Waals surface area contributed by atoms with Gasteiger partial charge in [0.05, 0.1) is 0 Å². The summed E-state index contributed by atoms with van der Waals surface area (Å²) < 4.78 is 0. The lowest BCUT2D eigenvalue weighted by atomic mass is 9.99. The highest BCUT2D eigenvalue weighted by Crippen LogP contribution is 2.24. The summed E-state index contributed by atoms with van der Waals surface area (Å²) in [6.45, 7) is 5.57. The van der Waals surface area contributed by atoms with Crippen molar-refractivity contribution in [2.24, 2.45) is 0 Å². The Balaban J connectivity index is 1.24. The maximum atomic E-state index is 3.37. The summed E-state index contributed by atoms with van der Waals surface area (Å²) in [4.78, 5) is 5.94. The van der Waals surface area contributed by atoms with Crippen molar-refractivity contribution < 1.29 is 0 Å². The summed E-state index contributed by atoms with van der Waals surface area (Å²) in [5.74, 6) is 2.27. The molecule has 3 heteroatoms. The predicted octanol–water partition coefficient (Wildman–Crippen LogP) is 5.50. The van der Waals surface area contributed by atoms with E-state index in [9.17, 15) is 0 Å². The SMILES string of the molecule is Cc1ccc(C2=CCN(CCSCc3c[nH]c4ccccc34)CC2)cc1. The maximum absolute atomic E-state index is 3.37. The molecule has 26 heavy (non-hydrogen) atoms. The van der Waals surface area contributed by atoms with Gasteiger partial charge >= 0.3 is 0 Å². The monoisotopic (exact) mass is 362 g/mol. The molecular formula is C23H26N2S. The Kier molecular flexibility index (Phi) is 5.47. The lowest BCUT2D eigenvalue weighted by Gasteiger charge is -2.26. The zero-order valence-electron chi connectivity index (χ0n) is 15.4. The first-order chi connectivity index (χ1) is 12.8. The molecule has 0 unspecified atom stereocenters. The van der Waals surface area contributed by atoms with Crippen molar-refractivity contribution >= 4 is 28.2 Å². The van der Waals surface area contributed by atoms with Gasteiger partial charge in [0.1, 0.15) is 0 Å². The molecule has 1 aromatic heterocycles. The Bertz CT molecular complexity index is 892. The van der Waals surface area contributed by atoms with E-state index in [0.717, 1.165) is 18.7 Å². The standard InChI is InChI=1S/C23H26N2S/c1-18-6-8-19(9-7-18)20-10-12-25(13-11-20)14-15-26-17-21-16-24-23-5-3-2-4-22(21)23/h2-10,16,24H,11-15,17H2,1H3. The van der Waals surface area contributed by atoms with Gasteiger partial charge in [-0.05, 0) is 36.1 Å². The normalized spacial score (nSPS) is 15.3. The maximum Gasteiger partial charge on any atom is 0.0457 e. The number of nitrogens with one attached hydrogen (secondary N) is 1. The van der Waals surface area contributed by atoms with E-state index in [1.54, 1.807) is 0 Å².